The molecule has 0 aromatic heterocycles. The van der Waals surface area contributed by atoms with E-state index < -0.39 is 35.7 Å². The van der Waals surface area contributed by atoms with Crippen LogP contribution in [0.25, 0.3) is 0 Å². The third-order valence-corrected chi connectivity index (χ3v) is 8.75. The van der Waals surface area contributed by atoms with Gasteiger partial charge in [0.25, 0.3) is 0 Å². The van der Waals surface area contributed by atoms with Crippen molar-refractivity contribution < 1.29 is 24.9 Å². The van der Waals surface area contributed by atoms with Crippen molar-refractivity contribution in [1.82, 2.24) is 0 Å². The molecule has 0 heterocycles. The highest BCUT2D eigenvalue weighted by atomic mass is 16.5. The Balaban J connectivity index is 1.88. The van der Waals surface area contributed by atoms with Gasteiger partial charge in [-0.2, -0.15) is 0 Å². The summed E-state index contributed by atoms with van der Waals surface area (Å²) in [7, 11) is 0. The third-order valence-electron chi connectivity index (χ3n) is 8.75. The van der Waals surface area contributed by atoms with E-state index in [2.05, 4.69) is 26.8 Å². The molecule has 0 aromatic carbocycles. The SMILES string of the molecule is CC(=O)O[C@@H]1[C@@H]2C=C[C@]3(C[C@@]2(O)CO)[C@H](O)C[C@@H]2C(C)(C)CCC[C@@]2(C)[C@H]13. The highest BCUT2D eigenvalue weighted by Crippen LogP contribution is 2.71. The van der Waals surface area contributed by atoms with E-state index in [0.29, 0.717) is 18.8 Å². The quantitative estimate of drug-likeness (QED) is 0.507. The van der Waals surface area contributed by atoms with Crippen LogP contribution in [0.4, 0.5) is 0 Å². The number of carbonyl (C=O) groups is 1. The normalized spacial score (nSPS) is 52.8. The molecule has 2 bridgehead atoms. The number of esters is 1. The van der Waals surface area contributed by atoms with Crippen LogP contribution in [0.2, 0.25) is 0 Å². The van der Waals surface area contributed by atoms with Gasteiger partial charge in [0.2, 0.25) is 0 Å². The Morgan fingerprint density at radius 2 is 1.96 bits per heavy atom. The first-order valence-electron chi connectivity index (χ1n) is 10.4. The topological polar surface area (TPSA) is 87.0 Å². The van der Waals surface area contributed by atoms with Crippen molar-refractivity contribution in [1.29, 1.82) is 0 Å². The number of aliphatic hydroxyl groups is 3. The van der Waals surface area contributed by atoms with Crippen LogP contribution < -0.4 is 0 Å². The van der Waals surface area contributed by atoms with Gasteiger partial charge in [0.15, 0.2) is 0 Å². The van der Waals surface area contributed by atoms with Gasteiger partial charge in [-0.1, -0.05) is 39.3 Å². The van der Waals surface area contributed by atoms with Crippen LogP contribution in [0.5, 0.6) is 0 Å². The molecule has 152 valence electrons. The van der Waals surface area contributed by atoms with E-state index in [-0.39, 0.29) is 22.7 Å². The molecule has 27 heavy (non-hydrogen) atoms. The Kier molecular flexibility index (Phi) is 4.17. The van der Waals surface area contributed by atoms with Crippen LogP contribution in [0.1, 0.15) is 59.8 Å². The van der Waals surface area contributed by atoms with Crippen molar-refractivity contribution in [3.63, 3.8) is 0 Å². The van der Waals surface area contributed by atoms with Crippen LogP contribution in [0, 0.1) is 34.0 Å². The first-order valence-corrected chi connectivity index (χ1v) is 10.4. The van der Waals surface area contributed by atoms with Gasteiger partial charge in [-0.25, -0.2) is 0 Å². The summed E-state index contributed by atoms with van der Waals surface area (Å²) in [6.07, 6.45) is 7.11. The number of fused-ring (bicyclic) bond motifs is 2. The zero-order chi connectivity index (χ0) is 19.8. The van der Waals surface area contributed by atoms with E-state index in [1.54, 1.807) is 0 Å². The van der Waals surface area contributed by atoms with E-state index in [9.17, 15) is 20.1 Å². The summed E-state index contributed by atoms with van der Waals surface area (Å²) in [6, 6.07) is 0. The van der Waals surface area contributed by atoms with Gasteiger partial charge in [0.1, 0.15) is 6.10 Å². The van der Waals surface area contributed by atoms with Crippen molar-refractivity contribution >= 4 is 5.97 Å². The van der Waals surface area contributed by atoms with Crippen LogP contribution in [-0.4, -0.2) is 45.7 Å². The Labute approximate surface area is 161 Å². The summed E-state index contributed by atoms with van der Waals surface area (Å²) in [5.41, 5.74) is -1.99. The minimum Gasteiger partial charge on any atom is -0.461 e. The smallest absolute Gasteiger partial charge is 0.302 e. The lowest BCUT2D eigenvalue weighted by atomic mass is 9.36. The summed E-state index contributed by atoms with van der Waals surface area (Å²) >= 11 is 0. The minimum absolute atomic E-state index is 0.0518. The molecule has 5 rings (SSSR count). The van der Waals surface area contributed by atoms with Crippen LogP contribution >= 0.6 is 0 Å². The molecule has 3 fully saturated rings. The second-order valence-electron chi connectivity index (χ2n) is 10.6. The van der Waals surface area contributed by atoms with E-state index in [1.165, 1.54) is 6.92 Å². The molecule has 5 aliphatic rings. The van der Waals surface area contributed by atoms with Crippen molar-refractivity contribution in [2.75, 3.05) is 6.61 Å². The van der Waals surface area contributed by atoms with Crippen LogP contribution in [0.15, 0.2) is 12.2 Å². The number of rotatable bonds is 2. The van der Waals surface area contributed by atoms with Gasteiger partial charge in [-0.05, 0) is 42.4 Å². The maximum absolute atomic E-state index is 12.0. The zero-order valence-corrected chi connectivity index (χ0v) is 16.9. The molecule has 0 unspecified atom stereocenters. The Morgan fingerprint density at radius 1 is 1.26 bits per heavy atom. The van der Waals surface area contributed by atoms with E-state index in [4.69, 9.17) is 4.74 Å². The Bertz CT molecular complexity index is 672. The highest BCUT2D eigenvalue weighted by molar-refractivity contribution is 5.66. The lowest BCUT2D eigenvalue weighted by Crippen LogP contribution is -2.73. The zero-order valence-electron chi connectivity index (χ0n) is 16.9. The predicted octanol–water partition coefficient (Wildman–Crippen LogP) is 2.43. The number of hydrogen-bond donors (Lipinski definition) is 3. The van der Waals surface area contributed by atoms with Gasteiger partial charge in [0, 0.05) is 24.2 Å². The van der Waals surface area contributed by atoms with Gasteiger partial charge < -0.3 is 20.1 Å². The van der Waals surface area contributed by atoms with Crippen molar-refractivity contribution in [3.05, 3.63) is 12.2 Å². The second-order valence-corrected chi connectivity index (χ2v) is 10.6. The van der Waals surface area contributed by atoms with E-state index in [0.717, 1.165) is 19.3 Å². The largest absolute Gasteiger partial charge is 0.461 e. The molecule has 0 aromatic rings. The van der Waals surface area contributed by atoms with Crippen LogP contribution in [0.3, 0.4) is 0 Å². The number of carbonyl (C=O) groups excluding carboxylic acids is 1. The standard InChI is InChI=1S/C22H34O5/c1-13(24)27-17-14-6-9-21(11-22(14,26)12-23)16(25)10-15-19(2,3)7-5-8-20(15,4)18(17)21/h6,9,14-18,23,25-26H,5,7-8,10-12H2,1-4H3/t14-,15+,16+,17+,18-,20+,21-,22+/m0/s1. The number of ether oxygens (including phenoxy) is 1. The first-order chi connectivity index (χ1) is 12.5. The molecule has 0 radical (unpaired) electrons. The number of hydrogen-bond acceptors (Lipinski definition) is 5. The second kappa shape index (κ2) is 5.80. The predicted molar refractivity (Wildman–Crippen MR) is 101 cm³/mol. The van der Waals surface area contributed by atoms with Crippen molar-refractivity contribution in [2.24, 2.45) is 34.0 Å². The van der Waals surface area contributed by atoms with Crippen molar-refractivity contribution in [2.45, 2.75) is 77.6 Å². The molecule has 0 saturated heterocycles. The van der Waals surface area contributed by atoms with E-state index >= 15 is 0 Å². The van der Waals surface area contributed by atoms with Gasteiger partial charge in [-0.15, -0.1) is 0 Å². The maximum Gasteiger partial charge on any atom is 0.302 e. The molecular formula is C22H34O5. The lowest BCUT2D eigenvalue weighted by molar-refractivity contribution is -0.275. The molecular weight excluding hydrogens is 344 g/mol. The Hall–Kier alpha value is -0.910. The molecule has 5 aliphatic carbocycles. The number of aliphatic hydroxyl groups excluding tert-OH is 2. The fraction of sp³-hybridized carbons (Fsp3) is 0.864. The van der Waals surface area contributed by atoms with Gasteiger partial charge in [-0.3, -0.25) is 4.79 Å². The lowest BCUT2D eigenvalue weighted by Gasteiger charge is -2.70. The molecule has 5 heteroatoms. The van der Waals surface area contributed by atoms with Gasteiger partial charge >= 0.3 is 5.97 Å². The Morgan fingerprint density at radius 3 is 2.59 bits per heavy atom. The summed E-state index contributed by atoms with van der Waals surface area (Å²) in [6.45, 7) is 7.90. The molecule has 3 N–H and O–H groups in total. The third kappa shape index (κ3) is 2.44. The van der Waals surface area contributed by atoms with Crippen LogP contribution in [-0.2, 0) is 9.53 Å². The maximum atomic E-state index is 12.0. The summed E-state index contributed by atoms with van der Waals surface area (Å²) in [5.74, 6) is -0.529. The molecule has 0 amide bonds. The summed E-state index contributed by atoms with van der Waals surface area (Å²) in [5, 5.41) is 32.5. The fourth-order valence-corrected chi connectivity index (χ4v) is 7.80. The summed E-state index contributed by atoms with van der Waals surface area (Å²) < 4.78 is 5.84. The highest BCUT2D eigenvalue weighted by Gasteiger charge is 2.72. The average molecular weight is 379 g/mol. The van der Waals surface area contributed by atoms with Gasteiger partial charge in [0.05, 0.1) is 18.3 Å². The average Bonchev–Trinajstić information content (AvgIpc) is 2.56. The molecule has 3 saturated carbocycles. The van der Waals surface area contributed by atoms with Crippen molar-refractivity contribution in [3.8, 4) is 0 Å². The monoisotopic (exact) mass is 378 g/mol. The molecule has 0 aliphatic heterocycles. The summed E-state index contributed by atoms with van der Waals surface area (Å²) in [4.78, 5) is 12.0. The molecule has 5 nitrogen and oxygen atoms in total. The van der Waals surface area contributed by atoms with E-state index in [1.807, 2.05) is 6.08 Å². The molecule has 8 atom stereocenters. The molecule has 1 spiro atoms. The minimum atomic E-state index is -1.36. The fourth-order valence-electron chi connectivity index (χ4n) is 7.80. The first kappa shape index (κ1) is 19.4.